The Morgan fingerprint density at radius 1 is 1.07 bits per heavy atom. The average Bonchev–Trinajstić information content (AvgIpc) is 3.24. The van der Waals surface area contributed by atoms with Crippen molar-refractivity contribution in [2.45, 2.75) is 43.8 Å². The van der Waals surface area contributed by atoms with Crippen LogP contribution in [0.2, 0.25) is 0 Å². The van der Waals surface area contributed by atoms with Crippen molar-refractivity contribution in [3.05, 3.63) is 77.9 Å². The fourth-order valence-corrected chi connectivity index (χ4v) is 3.65. The van der Waals surface area contributed by atoms with Crippen LogP contribution in [0.4, 0.5) is 0 Å². The summed E-state index contributed by atoms with van der Waals surface area (Å²) in [5, 5.41) is 11.3. The summed E-state index contributed by atoms with van der Waals surface area (Å²) in [7, 11) is 0. The van der Waals surface area contributed by atoms with Crippen molar-refractivity contribution in [2.75, 3.05) is 0 Å². The third-order valence-electron chi connectivity index (χ3n) is 5.25. The van der Waals surface area contributed by atoms with Crippen LogP contribution in [0.3, 0.4) is 0 Å². The van der Waals surface area contributed by atoms with Crippen LogP contribution < -0.4 is 11.1 Å². The Morgan fingerprint density at radius 3 is 2.54 bits per heavy atom. The number of nitrogens with zero attached hydrogens (tertiary/aromatic N) is 4. The summed E-state index contributed by atoms with van der Waals surface area (Å²) < 4.78 is 1.80. The number of hydrogen-bond donors (Lipinski definition) is 2. The van der Waals surface area contributed by atoms with Gasteiger partial charge in [-0.2, -0.15) is 0 Å². The molecule has 2 heterocycles. The maximum atomic E-state index is 12.9. The molecule has 0 radical (unpaired) electrons. The summed E-state index contributed by atoms with van der Waals surface area (Å²) in [6.45, 7) is 0. The van der Waals surface area contributed by atoms with Crippen LogP contribution >= 0.6 is 0 Å². The molecule has 2 aromatic heterocycles. The molecule has 1 aliphatic carbocycles. The number of benzene rings is 1. The van der Waals surface area contributed by atoms with E-state index in [9.17, 15) is 4.79 Å². The highest BCUT2D eigenvalue weighted by Gasteiger charge is 2.24. The Bertz CT molecular complexity index is 863. The van der Waals surface area contributed by atoms with Gasteiger partial charge in [0.1, 0.15) is 0 Å². The first-order valence-corrected chi connectivity index (χ1v) is 9.65. The average molecular weight is 376 g/mol. The number of carbonyl (C=O) groups excluding carboxylic acids is 1. The number of aromatic nitrogens is 4. The number of hydrogen-bond acceptors (Lipinski definition) is 5. The predicted molar refractivity (Wildman–Crippen MR) is 105 cm³/mol. The van der Waals surface area contributed by atoms with Gasteiger partial charge in [0, 0.05) is 12.2 Å². The van der Waals surface area contributed by atoms with Gasteiger partial charge in [0.2, 0.25) is 0 Å². The van der Waals surface area contributed by atoms with E-state index in [0.29, 0.717) is 5.69 Å². The molecule has 4 rings (SSSR count). The lowest BCUT2D eigenvalue weighted by Crippen LogP contribution is -2.30. The van der Waals surface area contributed by atoms with Crippen molar-refractivity contribution < 1.29 is 4.79 Å². The Morgan fingerprint density at radius 2 is 1.82 bits per heavy atom. The second-order valence-corrected chi connectivity index (χ2v) is 7.22. The van der Waals surface area contributed by atoms with Gasteiger partial charge < -0.3 is 11.1 Å². The third kappa shape index (κ3) is 4.09. The number of amides is 1. The molecule has 28 heavy (non-hydrogen) atoms. The number of nitrogens with one attached hydrogen (secondary N) is 1. The number of pyridine rings is 1. The summed E-state index contributed by atoms with van der Waals surface area (Å²) in [6.07, 6.45) is 7.33. The van der Waals surface area contributed by atoms with Crippen LogP contribution in [-0.4, -0.2) is 31.9 Å². The van der Waals surface area contributed by atoms with Gasteiger partial charge >= 0.3 is 0 Å². The molecule has 3 aromatic rings. The predicted octanol–water partition coefficient (Wildman–Crippen LogP) is 2.63. The Kier molecular flexibility index (Phi) is 5.43. The lowest BCUT2D eigenvalue weighted by Gasteiger charge is -2.25. The van der Waals surface area contributed by atoms with Crippen LogP contribution in [0, 0.1) is 0 Å². The zero-order valence-corrected chi connectivity index (χ0v) is 15.6. The highest BCUT2D eigenvalue weighted by molar-refractivity contribution is 5.92. The molecule has 0 saturated heterocycles. The van der Waals surface area contributed by atoms with Crippen LogP contribution in [0.15, 0.2) is 60.9 Å². The molecule has 1 amide bonds. The summed E-state index contributed by atoms with van der Waals surface area (Å²) >= 11 is 0. The lowest BCUT2D eigenvalue weighted by atomic mass is 9.92. The first-order chi connectivity index (χ1) is 13.7. The van der Waals surface area contributed by atoms with Crippen LogP contribution in [0.5, 0.6) is 0 Å². The second-order valence-electron chi connectivity index (χ2n) is 7.22. The zero-order valence-electron chi connectivity index (χ0n) is 15.6. The molecule has 0 bridgehead atoms. The fraction of sp³-hybridized carbons (Fsp3) is 0.333. The fourth-order valence-electron chi connectivity index (χ4n) is 3.65. The SMILES string of the molecule is NC1CCC(n2cc(C(=O)N[C@H](c3ccccc3)c3ccccn3)nn2)CC1. The highest BCUT2D eigenvalue weighted by atomic mass is 16.2. The van der Waals surface area contributed by atoms with Crippen molar-refractivity contribution in [2.24, 2.45) is 5.73 Å². The summed E-state index contributed by atoms with van der Waals surface area (Å²) in [4.78, 5) is 17.3. The van der Waals surface area contributed by atoms with Crippen molar-refractivity contribution in [1.82, 2.24) is 25.3 Å². The van der Waals surface area contributed by atoms with E-state index in [2.05, 4.69) is 20.6 Å². The van der Waals surface area contributed by atoms with Gasteiger partial charge in [-0.3, -0.25) is 9.78 Å². The largest absolute Gasteiger partial charge is 0.338 e. The molecule has 1 fully saturated rings. The van der Waals surface area contributed by atoms with Gasteiger partial charge in [0.25, 0.3) is 5.91 Å². The smallest absolute Gasteiger partial charge is 0.274 e. The second kappa shape index (κ2) is 8.31. The zero-order chi connectivity index (χ0) is 19.3. The minimum Gasteiger partial charge on any atom is -0.338 e. The molecule has 3 N–H and O–H groups in total. The van der Waals surface area contributed by atoms with Crippen molar-refractivity contribution in [1.29, 1.82) is 0 Å². The normalized spacial score (nSPS) is 20.5. The first-order valence-electron chi connectivity index (χ1n) is 9.65. The quantitative estimate of drug-likeness (QED) is 0.713. The van der Waals surface area contributed by atoms with E-state index in [0.717, 1.165) is 36.9 Å². The van der Waals surface area contributed by atoms with Crippen LogP contribution in [-0.2, 0) is 0 Å². The number of nitrogens with two attached hydrogens (primary N) is 1. The molecule has 144 valence electrons. The van der Waals surface area contributed by atoms with Crippen LogP contribution in [0.25, 0.3) is 0 Å². The van der Waals surface area contributed by atoms with Crippen LogP contribution in [0.1, 0.15) is 59.5 Å². The Labute approximate surface area is 164 Å². The van der Waals surface area contributed by atoms with Crippen molar-refractivity contribution >= 4 is 5.91 Å². The summed E-state index contributed by atoms with van der Waals surface area (Å²) in [5.74, 6) is -0.265. The van der Waals surface area contributed by atoms with Gasteiger partial charge in [-0.05, 0) is 43.4 Å². The number of rotatable bonds is 5. The molecular formula is C21H24N6O. The molecule has 1 atom stereocenters. The standard InChI is InChI=1S/C21H24N6O/c22-16-9-11-17(12-10-16)27-14-19(25-26-27)21(28)24-20(15-6-2-1-3-7-15)18-8-4-5-13-23-18/h1-8,13-14,16-17,20H,9-12,22H2,(H,24,28)/t16?,17?,20-/m1/s1. The van der Waals surface area contributed by atoms with Gasteiger partial charge in [-0.1, -0.05) is 41.6 Å². The first kappa shape index (κ1) is 18.3. The topological polar surface area (TPSA) is 98.7 Å². The molecule has 1 aromatic carbocycles. The maximum Gasteiger partial charge on any atom is 0.274 e. The molecule has 7 nitrogen and oxygen atoms in total. The van der Waals surface area contributed by atoms with E-state index in [4.69, 9.17) is 5.73 Å². The molecular weight excluding hydrogens is 352 g/mol. The van der Waals surface area contributed by atoms with Gasteiger partial charge in [0.05, 0.1) is 24.0 Å². The molecule has 0 spiro atoms. The van der Waals surface area contributed by atoms with E-state index >= 15 is 0 Å². The summed E-state index contributed by atoms with van der Waals surface area (Å²) in [6, 6.07) is 15.6. The van der Waals surface area contributed by atoms with E-state index in [-0.39, 0.29) is 24.0 Å². The highest BCUT2D eigenvalue weighted by Crippen LogP contribution is 2.27. The van der Waals surface area contributed by atoms with Crippen molar-refractivity contribution in [3.63, 3.8) is 0 Å². The van der Waals surface area contributed by atoms with E-state index in [1.807, 2.05) is 48.5 Å². The maximum absolute atomic E-state index is 12.9. The molecule has 7 heteroatoms. The van der Waals surface area contributed by atoms with Gasteiger partial charge in [-0.15, -0.1) is 5.10 Å². The minimum atomic E-state index is -0.354. The van der Waals surface area contributed by atoms with Gasteiger partial charge in [0.15, 0.2) is 5.69 Å². The third-order valence-corrected chi connectivity index (χ3v) is 5.25. The minimum absolute atomic E-state index is 0.259. The molecule has 1 saturated carbocycles. The molecule has 0 aliphatic heterocycles. The molecule has 0 unspecified atom stereocenters. The van der Waals surface area contributed by atoms with E-state index in [1.165, 1.54) is 0 Å². The van der Waals surface area contributed by atoms with E-state index in [1.54, 1.807) is 17.1 Å². The Hall–Kier alpha value is -3.06. The number of carbonyl (C=O) groups is 1. The van der Waals surface area contributed by atoms with Crippen molar-refractivity contribution in [3.8, 4) is 0 Å². The lowest BCUT2D eigenvalue weighted by molar-refractivity contribution is 0.0937. The molecule has 1 aliphatic rings. The van der Waals surface area contributed by atoms with Gasteiger partial charge in [-0.25, -0.2) is 4.68 Å². The summed E-state index contributed by atoms with van der Waals surface area (Å²) in [5.41, 5.74) is 8.03. The Balaban J connectivity index is 1.52. The van der Waals surface area contributed by atoms with E-state index < -0.39 is 0 Å². The monoisotopic (exact) mass is 376 g/mol.